The summed E-state index contributed by atoms with van der Waals surface area (Å²) in [6, 6.07) is 0. The Morgan fingerprint density at radius 3 is 2.56 bits per heavy atom. The van der Waals surface area contributed by atoms with Crippen molar-refractivity contribution >= 4 is 11.4 Å². The normalized spacial score (nSPS) is 16.2. The van der Waals surface area contributed by atoms with E-state index in [1.165, 1.54) is 0 Å². The molecule has 2 N–H and O–H groups in total. The smallest absolute Gasteiger partial charge is 0.253 e. The molecule has 0 aliphatic carbocycles. The first-order chi connectivity index (χ1) is 8.75. The minimum Gasteiger partial charge on any atom is -0.380 e. The summed E-state index contributed by atoms with van der Waals surface area (Å²) in [7, 11) is 0. The molecule has 5 nitrogen and oxygen atoms in total. The third-order valence-corrected chi connectivity index (χ3v) is 3.40. The van der Waals surface area contributed by atoms with Gasteiger partial charge in [0, 0.05) is 32.7 Å². The van der Waals surface area contributed by atoms with Crippen LogP contribution in [0.25, 0.3) is 0 Å². The fourth-order valence-electron chi connectivity index (χ4n) is 2.32. The van der Waals surface area contributed by atoms with Gasteiger partial charge in [-0.1, -0.05) is 19.8 Å². The summed E-state index contributed by atoms with van der Waals surface area (Å²) in [5.74, 6) is 0. The number of piperazine rings is 1. The number of hydrogen-bond acceptors (Lipinski definition) is 5. The molecular weight excluding hydrogens is 230 g/mol. The van der Waals surface area contributed by atoms with Crippen molar-refractivity contribution in [2.45, 2.75) is 26.2 Å². The van der Waals surface area contributed by atoms with Crippen molar-refractivity contribution in [3.05, 3.63) is 20.4 Å². The predicted octanol–water partition coefficient (Wildman–Crippen LogP) is 0.294. The Balaban J connectivity index is 1.99. The summed E-state index contributed by atoms with van der Waals surface area (Å²) in [6.45, 7) is 6.26. The molecule has 1 aliphatic heterocycles. The van der Waals surface area contributed by atoms with Crippen LogP contribution in [0.1, 0.15) is 26.2 Å². The highest BCUT2D eigenvalue weighted by molar-refractivity contribution is 5.75. The lowest BCUT2D eigenvalue weighted by Gasteiger charge is -2.31. The van der Waals surface area contributed by atoms with Gasteiger partial charge < -0.3 is 15.5 Å². The van der Waals surface area contributed by atoms with Gasteiger partial charge in [-0.3, -0.25) is 9.59 Å². The molecule has 1 aromatic carbocycles. The summed E-state index contributed by atoms with van der Waals surface area (Å²) >= 11 is 0. The van der Waals surface area contributed by atoms with Gasteiger partial charge in [0.2, 0.25) is 0 Å². The number of anilines is 2. The van der Waals surface area contributed by atoms with Crippen LogP contribution >= 0.6 is 0 Å². The number of unbranched alkanes of at least 4 members (excludes halogenated alkanes) is 2. The van der Waals surface area contributed by atoms with E-state index >= 15 is 0 Å². The number of hydrogen-bond donors (Lipinski definition) is 2. The molecule has 5 heteroatoms. The fourth-order valence-corrected chi connectivity index (χ4v) is 2.32. The second-order valence-electron chi connectivity index (χ2n) is 4.75. The molecule has 18 heavy (non-hydrogen) atoms. The van der Waals surface area contributed by atoms with Gasteiger partial charge in [0.25, 0.3) is 10.9 Å². The molecule has 1 aromatic rings. The maximum atomic E-state index is 11.7. The summed E-state index contributed by atoms with van der Waals surface area (Å²) in [4.78, 5) is 25.2. The third-order valence-electron chi connectivity index (χ3n) is 3.40. The Hall–Kier alpha value is -1.36. The highest BCUT2D eigenvalue weighted by atomic mass is 16.2. The van der Waals surface area contributed by atoms with Crippen LogP contribution in [0.15, 0.2) is 9.59 Å². The lowest BCUT2D eigenvalue weighted by atomic mass is 10.1. The molecular formula is C13H21N3O2. The molecule has 100 valence electrons. The van der Waals surface area contributed by atoms with Crippen molar-refractivity contribution in [1.82, 2.24) is 5.32 Å². The largest absolute Gasteiger partial charge is 0.380 e. The van der Waals surface area contributed by atoms with Crippen LogP contribution in [0.5, 0.6) is 0 Å². The van der Waals surface area contributed by atoms with E-state index in [0.29, 0.717) is 11.4 Å². The average molecular weight is 251 g/mol. The van der Waals surface area contributed by atoms with E-state index < -0.39 is 0 Å². The highest BCUT2D eigenvalue weighted by Crippen LogP contribution is 2.20. The highest BCUT2D eigenvalue weighted by Gasteiger charge is 2.26. The zero-order chi connectivity index (χ0) is 13.0. The molecule has 0 radical (unpaired) electrons. The number of nitrogens with one attached hydrogen (secondary N) is 2. The SMILES string of the molecule is CCCCCNc1c(N2CCNCC2)c(=O)c1=O. The van der Waals surface area contributed by atoms with Gasteiger partial charge in [-0.15, -0.1) is 0 Å². The van der Waals surface area contributed by atoms with Gasteiger partial charge in [-0.2, -0.15) is 0 Å². The van der Waals surface area contributed by atoms with Crippen LogP contribution < -0.4 is 26.4 Å². The molecule has 1 heterocycles. The van der Waals surface area contributed by atoms with Crippen LogP contribution in [0.2, 0.25) is 0 Å². The van der Waals surface area contributed by atoms with Crippen molar-refractivity contribution in [2.24, 2.45) is 0 Å². The predicted molar refractivity (Wildman–Crippen MR) is 74.5 cm³/mol. The Kier molecular flexibility index (Phi) is 4.36. The fraction of sp³-hybridized carbons (Fsp3) is 0.692. The van der Waals surface area contributed by atoms with Crippen molar-refractivity contribution in [3.63, 3.8) is 0 Å². The van der Waals surface area contributed by atoms with Crippen LogP contribution in [0, 0.1) is 0 Å². The molecule has 1 saturated heterocycles. The molecule has 2 rings (SSSR count). The summed E-state index contributed by atoms with van der Waals surface area (Å²) in [5, 5.41) is 6.37. The molecule has 0 spiro atoms. The second-order valence-corrected chi connectivity index (χ2v) is 4.75. The molecule has 0 amide bonds. The minimum absolute atomic E-state index is 0.324. The molecule has 0 saturated carbocycles. The second kappa shape index (κ2) is 6.00. The Bertz CT molecular complexity index is 457. The van der Waals surface area contributed by atoms with Gasteiger partial charge in [-0.25, -0.2) is 0 Å². The van der Waals surface area contributed by atoms with Crippen LogP contribution in [-0.4, -0.2) is 32.7 Å². The topological polar surface area (TPSA) is 61.4 Å². The van der Waals surface area contributed by atoms with Crippen molar-refractivity contribution in [3.8, 4) is 0 Å². The van der Waals surface area contributed by atoms with E-state index in [1.54, 1.807) is 0 Å². The molecule has 1 aliphatic rings. The van der Waals surface area contributed by atoms with Gasteiger partial charge in [0.1, 0.15) is 11.4 Å². The van der Waals surface area contributed by atoms with E-state index in [0.717, 1.165) is 52.0 Å². The van der Waals surface area contributed by atoms with E-state index in [4.69, 9.17) is 0 Å². The average Bonchev–Trinajstić information content (AvgIpc) is 2.42. The van der Waals surface area contributed by atoms with Gasteiger partial charge in [0.15, 0.2) is 0 Å². The molecule has 0 aromatic heterocycles. The van der Waals surface area contributed by atoms with Crippen molar-refractivity contribution < 1.29 is 0 Å². The standard InChI is InChI=1S/C13H21N3O2/c1-2-3-4-5-15-10-11(13(18)12(10)17)16-8-6-14-7-9-16/h14-15H,2-9H2,1H3. The zero-order valence-corrected chi connectivity index (χ0v) is 10.9. The Morgan fingerprint density at radius 1 is 1.17 bits per heavy atom. The van der Waals surface area contributed by atoms with Crippen LogP contribution in [-0.2, 0) is 0 Å². The third kappa shape index (κ3) is 2.56. The maximum Gasteiger partial charge on any atom is 0.253 e. The lowest BCUT2D eigenvalue weighted by molar-refractivity contribution is 0.587. The van der Waals surface area contributed by atoms with Crippen LogP contribution in [0.4, 0.5) is 11.4 Å². The zero-order valence-electron chi connectivity index (χ0n) is 10.9. The summed E-state index contributed by atoms with van der Waals surface area (Å²) in [5.41, 5.74) is 0.478. The van der Waals surface area contributed by atoms with E-state index in [1.807, 2.05) is 4.90 Å². The van der Waals surface area contributed by atoms with E-state index in [9.17, 15) is 9.59 Å². The van der Waals surface area contributed by atoms with E-state index in [2.05, 4.69) is 17.6 Å². The lowest BCUT2D eigenvalue weighted by Crippen LogP contribution is -2.50. The van der Waals surface area contributed by atoms with Crippen molar-refractivity contribution in [1.29, 1.82) is 0 Å². The first-order valence-corrected chi connectivity index (χ1v) is 6.78. The first-order valence-electron chi connectivity index (χ1n) is 6.78. The minimum atomic E-state index is -0.347. The summed E-state index contributed by atoms with van der Waals surface area (Å²) in [6.07, 6.45) is 3.33. The van der Waals surface area contributed by atoms with Gasteiger partial charge in [-0.05, 0) is 6.42 Å². The molecule has 0 atom stereocenters. The Labute approximate surface area is 107 Å². The Morgan fingerprint density at radius 2 is 1.89 bits per heavy atom. The number of nitrogens with zero attached hydrogens (tertiary/aromatic N) is 1. The van der Waals surface area contributed by atoms with Gasteiger partial charge in [0.05, 0.1) is 0 Å². The van der Waals surface area contributed by atoms with Crippen molar-refractivity contribution in [2.75, 3.05) is 42.9 Å². The molecule has 1 fully saturated rings. The molecule has 0 bridgehead atoms. The maximum absolute atomic E-state index is 11.7. The molecule has 0 unspecified atom stereocenters. The first kappa shape index (κ1) is 13.1. The number of rotatable bonds is 6. The summed E-state index contributed by atoms with van der Waals surface area (Å²) < 4.78 is 0. The monoisotopic (exact) mass is 251 g/mol. The van der Waals surface area contributed by atoms with Gasteiger partial charge >= 0.3 is 0 Å². The quantitative estimate of drug-likeness (QED) is 0.562. The van der Waals surface area contributed by atoms with Crippen LogP contribution in [0.3, 0.4) is 0 Å². The van der Waals surface area contributed by atoms with E-state index in [-0.39, 0.29) is 10.9 Å².